The molecule has 3 fully saturated rings. The van der Waals surface area contributed by atoms with Gasteiger partial charge in [0, 0.05) is 19.1 Å². The van der Waals surface area contributed by atoms with Crippen molar-refractivity contribution in [3.8, 4) is 0 Å². The molecule has 0 aromatic heterocycles. The molecule has 116 valence electrons. The highest BCUT2D eigenvalue weighted by atomic mass is 32.2. The van der Waals surface area contributed by atoms with Crippen molar-refractivity contribution in [1.82, 2.24) is 14.3 Å². The zero-order valence-electron chi connectivity index (χ0n) is 12.3. The molecule has 5 nitrogen and oxygen atoms in total. The van der Waals surface area contributed by atoms with Gasteiger partial charge in [0.05, 0.1) is 0 Å². The summed E-state index contributed by atoms with van der Waals surface area (Å²) in [6, 6.07) is 0.213. The average Bonchev–Trinajstić information content (AvgIpc) is 3.29. The molecule has 20 heavy (non-hydrogen) atoms. The van der Waals surface area contributed by atoms with Crippen molar-refractivity contribution in [3.05, 3.63) is 0 Å². The summed E-state index contributed by atoms with van der Waals surface area (Å²) < 4.78 is 29.9. The van der Waals surface area contributed by atoms with Crippen LogP contribution in [0, 0.1) is 17.8 Å². The molecule has 3 aliphatic rings. The summed E-state index contributed by atoms with van der Waals surface area (Å²) in [5, 5.41) is 3.16. The minimum atomic E-state index is -3.29. The maximum absolute atomic E-state index is 12.6. The Balaban J connectivity index is 1.61. The third kappa shape index (κ3) is 3.53. The Morgan fingerprint density at radius 3 is 2.35 bits per heavy atom. The molecule has 1 atom stereocenters. The van der Waals surface area contributed by atoms with Crippen LogP contribution in [0.15, 0.2) is 0 Å². The van der Waals surface area contributed by atoms with Gasteiger partial charge in [-0.15, -0.1) is 0 Å². The second-order valence-corrected chi connectivity index (χ2v) is 8.45. The van der Waals surface area contributed by atoms with E-state index in [0.717, 1.165) is 19.4 Å². The van der Waals surface area contributed by atoms with E-state index in [1.807, 2.05) is 7.05 Å². The van der Waals surface area contributed by atoms with Crippen LogP contribution in [0.4, 0.5) is 0 Å². The van der Waals surface area contributed by atoms with Crippen molar-refractivity contribution in [3.63, 3.8) is 0 Å². The van der Waals surface area contributed by atoms with E-state index in [1.165, 1.54) is 25.7 Å². The molecule has 2 N–H and O–H groups in total. The van der Waals surface area contributed by atoms with Gasteiger partial charge in [0.1, 0.15) is 0 Å². The SMILES string of the molecule is CNCC1CCCN(S(=O)(=O)NC(C2CC2)C2CC2)C1. The topological polar surface area (TPSA) is 61.4 Å². The maximum atomic E-state index is 12.6. The fourth-order valence-electron chi connectivity index (χ4n) is 3.44. The Kier molecular flexibility index (Phi) is 4.36. The number of hydrogen-bond acceptors (Lipinski definition) is 3. The van der Waals surface area contributed by atoms with Crippen LogP contribution >= 0.6 is 0 Å². The highest BCUT2D eigenvalue weighted by Gasteiger charge is 2.44. The lowest BCUT2D eigenvalue weighted by atomic mass is 10.00. The summed E-state index contributed by atoms with van der Waals surface area (Å²) in [6.07, 6.45) is 6.91. The summed E-state index contributed by atoms with van der Waals surface area (Å²) in [5.41, 5.74) is 0. The molecule has 2 aliphatic carbocycles. The number of piperidine rings is 1. The molecule has 1 saturated heterocycles. The Bertz CT molecular complexity index is 418. The van der Waals surface area contributed by atoms with Gasteiger partial charge in [-0.05, 0) is 69.9 Å². The summed E-state index contributed by atoms with van der Waals surface area (Å²) in [4.78, 5) is 0. The lowest BCUT2D eigenvalue weighted by Gasteiger charge is -2.33. The predicted octanol–water partition coefficient (Wildman–Crippen LogP) is 0.941. The van der Waals surface area contributed by atoms with Gasteiger partial charge in [-0.2, -0.15) is 17.4 Å². The van der Waals surface area contributed by atoms with Gasteiger partial charge in [0.25, 0.3) is 10.2 Å². The van der Waals surface area contributed by atoms with Crippen LogP contribution in [0.5, 0.6) is 0 Å². The van der Waals surface area contributed by atoms with Crippen molar-refractivity contribution in [2.45, 2.75) is 44.6 Å². The molecule has 0 aromatic rings. The summed E-state index contributed by atoms with van der Waals surface area (Å²) in [5.74, 6) is 1.66. The van der Waals surface area contributed by atoms with Gasteiger partial charge in [0.15, 0.2) is 0 Å². The van der Waals surface area contributed by atoms with Crippen molar-refractivity contribution in [1.29, 1.82) is 0 Å². The van der Waals surface area contributed by atoms with Crippen molar-refractivity contribution in [2.75, 3.05) is 26.7 Å². The van der Waals surface area contributed by atoms with Gasteiger partial charge in [-0.3, -0.25) is 0 Å². The molecular weight excluding hydrogens is 274 g/mol. The van der Waals surface area contributed by atoms with Crippen LogP contribution in [0.3, 0.4) is 0 Å². The Morgan fingerprint density at radius 1 is 1.15 bits per heavy atom. The second-order valence-electron chi connectivity index (χ2n) is 6.75. The van der Waals surface area contributed by atoms with Gasteiger partial charge in [-0.1, -0.05) is 0 Å². The molecule has 6 heteroatoms. The average molecular weight is 301 g/mol. The first kappa shape index (κ1) is 14.8. The van der Waals surface area contributed by atoms with Gasteiger partial charge in [0.2, 0.25) is 0 Å². The van der Waals surface area contributed by atoms with Crippen LogP contribution in [-0.4, -0.2) is 45.4 Å². The van der Waals surface area contributed by atoms with Gasteiger partial charge in [-0.25, -0.2) is 0 Å². The van der Waals surface area contributed by atoms with Crippen molar-refractivity contribution >= 4 is 10.2 Å². The minimum Gasteiger partial charge on any atom is -0.319 e. The van der Waals surface area contributed by atoms with Crippen LogP contribution < -0.4 is 10.0 Å². The molecule has 0 spiro atoms. The summed E-state index contributed by atoms with van der Waals surface area (Å²) >= 11 is 0. The molecule has 0 amide bonds. The van der Waals surface area contributed by atoms with E-state index in [1.54, 1.807) is 4.31 Å². The number of nitrogens with one attached hydrogen (secondary N) is 2. The molecule has 0 radical (unpaired) electrons. The van der Waals surface area contributed by atoms with Gasteiger partial charge >= 0.3 is 0 Å². The highest BCUT2D eigenvalue weighted by molar-refractivity contribution is 7.87. The molecule has 2 saturated carbocycles. The molecule has 1 unspecified atom stereocenters. The Morgan fingerprint density at radius 2 is 1.80 bits per heavy atom. The van der Waals surface area contributed by atoms with E-state index < -0.39 is 10.2 Å². The van der Waals surface area contributed by atoms with Crippen LogP contribution in [0.1, 0.15) is 38.5 Å². The molecular formula is C14H27N3O2S. The number of nitrogens with zero attached hydrogens (tertiary/aromatic N) is 1. The van der Waals surface area contributed by atoms with E-state index in [4.69, 9.17) is 0 Å². The van der Waals surface area contributed by atoms with Crippen LogP contribution in [0.2, 0.25) is 0 Å². The van der Waals surface area contributed by atoms with Crippen LogP contribution in [0.25, 0.3) is 0 Å². The van der Waals surface area contributed by atoms with Crippen molar-refractivity contribution in [2.24, 2.45) is 17.8 Å². The minimum absolute atomic E-state index is 0.213. The molecule has 1 aliphatic heterocycles. The third-order valence-corrected chi connectivity index (χ3v) is 6.44. The molecule has 1 heterocycles. The molecule has 0 aromatic carbocycles. The monoisotopic (exact) mass is 301 g/mol. The summed E-state index contributed by atoms with van der Waals surface area (Å²) in [7, 11) is -1.36. The fourth-order valence-corrected chi connectivity index (χ4v) is 5.09. The van der Waals surface area contributed by atoms with Crippen LogP contribution in [-0.2, 0) is 10.2 Å². The Hall–Kier alpha value is -0.170. The lowest BCUT2D eigenvalue weighted by Crippen LogP contribution is -2.51. The zero-order chi connectivity index (χ0) is 14.2. The lowest BCUT2D eigenvalue weighted by molar-refractivity contribution is 0.258. The first-order chi connectivity index (χ1) is 9.60. The van der Waals surface area contributed by atoms with Crippen molar-refractivity contribution < 1.29 is 8.42 Å². The van der Waals surface area contributed by atoms with Gasteiger partial charge < -0.3 is 5.32 Å². The molecule has 0 bridgehead atoms. The third-order valence-electron chi connectivity index (χ3n) is 4.86. The van der Waals surface area contributed by atoms with E-state index in [9.17, 15) is 8.42 Å². The maximum Gasteiger partial charge on any atom is 0.279 e. The predicted molar refractivity (Wildman–Crippen MR) is 79.5 cm³/mol. The second kappa shape index (κ2) is 5.91. The zero-order valence-corrected chi connectivity index (χ0v) is 13.2. The summed E-state index contributed by atoms with van der Waals surface area (Å²) in [6.45, 7) is 2.25. The quantitative estimate of drug-likeness (QED) is 0.736. The highest BCUT2D eigenvalue weighted by Crippen LogP contribution is 2.44. The van der Waals surface area contributed by atoms with E-state index in [2.05, 4.69) is 10.0 Å². The smallest absolute Gasteiger partial charge is 0.279 e. The van der Waals surface area contributed by atoms with E-state index >= 15 is 0 Å². The normalized spacial score (nSPS) is 29.0. The fraction of sp³-hybridized carbons (Fsp3) is 1.00. The molecule has 3 rings (SSSR count). The standard InChI is InChI=1S/C14H27N3O2S/c1-15-9-11-3-2-8-17(10-11)20(18,19)16-14(12-4-5-12)13-6-7-13/h11-16H,2-10H2,1H3. The van der Waals surface area contributed by atoms with E-state index in [0.29, 0.717) is 30.8 Å². The first-order valence-electron chi connectivity index (χ1n) is 8.02. The van der Waals surface area contributed by atoms with E-state index in [-0.39, 0.29) is 6.04 Å². The number of rotatable bonds is 7. The largest absolute Gasteiger partial charge is 0.319 e. The Labute approximate surface area is 122 Å². The number of hydrogen-bond donors (Lipinski definition) is 2. The first-order valence-corrected chi connectivity index (χ1v) is 9.46.